The summed E-state index contributed by atoms with van der Waals surface area (Å²) in [6, 6.07) is 5.21. The second-order valence-corrected chi connectivity index (χ2v) is 6.55. The van der Waals surface area contributed by atoms with Crippen LogP contribution in [-0.4, -0.2) is 43.0 Å². The molecule has 1 aliphatic heterocycles. The number of nitrogens with one attached hydrogen (secondary N) is 1. The molecule has 1 atom stereocenters. The zero-order valence-corrected chi connectivity index (χ0v) is 15.0. The lowest BCUT2D eigenvalue weighted by Gasteiger charge is -2.35. The summed E-state index contributed by atoms with van der Waals surface area (Å²) in [7, 11) is 3.11. The van der Waals surface area contributed by atoms with Gasteiger partial charge in [-0.25, -0.2) is 0 Å². The highest BCUT2D eigenvalue weighted by Crippen LogP contribution is 2.33. The highest BCUT2D eigenvalue weighted by Gasteiger charge is 2.46. The number of rotatable bonds is 5. The highest BCUT2D eigenvalue weighted by atomic mass is 16.5. The first kappa shape index (κ1) is 18.1. The number of carbonyl (C=O) groups is 2. The van der Waals surface area contributed by atoms with Gasteiger partial charge in [0.2, 0.25) is 11.8 Å². The van der Waals surface area contributed by atoms with E-state index in [1.165, 1.54) is 0 Å². The Hall–Kier alpha value is -2.24. The Morgan fingerprint density at radius 2 is 1.88 bits per heavy atom. The summed E-state index contributed by atoms with van der Waals surface area (Å²) in [5.41, 5.74) is -0.211. The number of nitrogens with zero attached hydrogens (tertiary/aromatic N) is 1. The van der Waals surface area contributed by atoms with Gasteiger partial charge >= 0.3 is 0 Å². The second-order valence-electron chi connectivity index (χ2n) is 6.55. The molecule has 0 spiro atoms. The molecule has 1 unspecified atom stereocenters. The van der Waals surface area contributed by atoms with E-state index < -0.39 is 5.54 Å². The van der Waals surface area contributed by atoms with Crippen LogP contribution < -0.4 is 14.8 Å². The highest BCUT2D eigenvalue weighted by molar-refractivity contribution is 6.01. The normalized spacial score (nSPS) is 20.2. The maximum atomic E-state index is 12.9. The second kappa shape index (κ2) is 7.11. The summed E-state index contributed by atoms with van der Waals surface area (Å²) >= 11 is 0. The first-order chi connectivity index (χ1) is 11.3. The number of benzene rings is 1. The topological polar surface area (TPSA) is 67.9 Å². The van der Waals surface area contributed by atoms with Gasteiger partial charge in [-0.3, -0.25) is 9.59 Å². The SMILES string of the molecule is COc1ccc(NC(=O)C2(C)CCCN2C(=O)C(C)C)cc1OC. The van der Waals surface area contributed by atoms with Crippen LogP contribution in [0, 0.1) is 5.92 Å². The molecule has 2 amide bonds. The maximum absolute atomic E-state index is 12.9. The maximum Gasteiger partial charge on any atom is 0.250 e. The molecule has 0 bridgehead atoms. The Morgan fingerprint density at radius 3 is 2.46 bits per heavy atom. The van der Waals surface area contributed by atoms with Gasteiger partial charge in [-0.05, 0) is 31.9 Å². The van der Waals surface area contributed by atoms with Gasteiger partial charge in [0.15, 0.2) is 11.5 Å². The summed E-state index contributed by atoms with van der Waals surface area (Å²) in [6.45, 7) is 6.16. The summed E-state index contributed by atoms with van der Waals surface area (Å²) in [5, 5.41) is 2.91. The summed E-state index contributed by atoms with van der Waals surface area (Å²) < 4.78 is 10.5. The van der Waals surface area contributed by atoms with Gasteiger partial charge < -0.3 is 19.7 Å². The Balaban J connectivity index is 2.20. The molecule has 1 aromatic rings. The number of amides is 2. The average Bonchev–Trinajstić information content (AvgIpc) is 2.96. The first-order valence-electron chi connectivity index (χ1n) is 8.18. The van der Waals surface area contributed by atoms with Crippen molar-refractivity contribution in [2.24, 2.45) is 5.92 Å². The quantitative estimate of drug-likeness (QED) is 0.899. The van der Waals surface area contributed by atoms with Crippen LogP contribution in [0.25, 0.3) is 0 Å². The summed E-state index contributed by atoms with van der Waals surface area (Å²) in [6.07, 6.45) is 1.49. The van der Waals surface area contributed by atoms with E-state index in [9.17, 15) is 9.59 Å². The van der Waals surface area contributed by atoms with E-state index >= 15 is 0 Å². The Bertz CT molecular complexity index is 629. The van der Waals surface area contributed by atoms with Crippen molar-refractivity contribution < 1.29 is 19.1 Å². The third kappa shape index (κ3) is 3.32. The third-order valence-electron chi connectivity index (χ3n) is 4.53. The number of carbonyl (C=O) groups excluding carboxylic acids is 2. The van der Waals surface area contributed by atoms with Crippen molar-refractivity contribution in [3.8, 4) is 11.5 Å². The first-order valence-corrected chi connectivity index (χ1v) is 8.18. The largest absolute Gasteiger partial charge is 0.493 e. The van der Waals surface area contributed by atoms with E-state index in [-0.39, 0.29) is 17.7 Å². The fourth-order valence-corrected chi connectivity index (χ4v) is 3.04. The van der Waals surface area contributed by atoms with Crippen molar-refractivity contribution in [3.05, 3.63) is 18.2 Å². The lowest BCUT2D eigenvalue weighted by molar-refractivity contribution is -0.144. The molecule has 2 rings (SSSR count). The van der Waals surface area contributed by atoms with Crippen molar-refractivity contribution in [1.82, 2.24) is 4.90 Å². The smallest absolute Gasteiger partial charge is 0.250 e. The number of hydrogen-bond acceptors (Lipinski definition) is 4. The van der Waals surface area contributed by atoms with Gasteiger partial charge in [-0.1, -0.05) is 13.8 Å². The summed E-state index contributed by atoms with van der Waals surface area (Å²) in [5.74, 6) is 0.844. The molecule has 0 aliphatic carbocycles. The van der Waals surface area contributed by atoms with Crippen LogP contribution in [0.1, 0.15) is 33.6 Å². The Kier molecular flexibility index (Phi) is 5.36. The molecule has 132 valence electrons. The third-order valence-corrected chi connectivity index (χ3v) is 4.53. The molecule has 24 heavy (non-hydrogen) atoms. The monoisotopic (exact) mass is 334 g/mol. The minimum atomic E-state index is -0.825. The number of likely N-dealkylation sites (tertiary alicyclic amines) is 1. The zero-order chi connectivity index (χ0) is 17.9. The van der Waals surface area contributed by atoms with E-state index in [2.05, 4.69) is 5.32 Å². The lowest BCUT2D eigenvalue weighted by atomic mass is 9.96. The van der Waals surface area contributed by atoms with Crippen molar-refractivity contribution in [2.75, 3.05) is 26.1 Å². The summed E-state index contributed by atoms with van der Waals surface area (Å²) in [4.78, 5) is 27.0. The number of ether oxygens (including phenoxy) is 2. The Labute approximate surface area is 143 Å². The van der Waals surface area contributed by atoms with Crippen LogP contribution in [0.2, 0.25) is 0 Å². The van der Waals surface area contributed by atoms with E-state index in [0.717, 1.165) is 6.42 Å². The molecule has 6 heteroatoms. The van der Waals surface area contributed by atoms with Crippen LogP contribution in [0.3, 0.4) is 0 Å². The molecule has 1 aliphatic rings. The lowest BCUT2D eigenvalue weighted by Crippen LogP contribution is -2.54. The number of methoxy groups -OCH3 is 2. The molecule has 0 radical (unpaired) electrons. The van der Waals surface area contributed by atoms with Crippen LogP contribution in [-0.2, 0) is 9.59 Å². The van der Waals surface area contributed by atoms with Crippen molar-refractivity contribution in [3.63, 3.8) is 0 Å². The van der Waals surface area contributed by atoms with E-state index in [0.29, 0.717) is 30.2 Å². The number of anilines is 1. The molecular formula is C18H26N2O4. The van der Waals surface area contributed by atoms with E-state index in [1.54, 1.807) is 37.3 Å². The molecule has 0 saturated carbocycles. The molecule has 0 aromatic heterocycles. The van der Waals surface area contributed by atoms with Gasteiger partial charge in [0, 0.05) is 24.2 Å². The van der Waals surface area contributed by atoms with Crippen LogP contribution in [0.4, 0.5) is 5.69 Å². The molecule has 6 nitrogen and oxygen atoms in total. The van der Waals surface area contributed by atoms with E-state index in [4.69, 9.17) is 9.47 Å². The van der Waals surface area contributed by atoms with Crippen molar-refractivity contribution >= 4 is 17.5 Å². The molecule has 1 heterocycles. The van der Waals surface area contributed by atoms with Crippen LogP contribution in [0.15, 0.2) is 18.2 Å². The van der Waals surface area contributed by atoms with Crippen molar-refractivity contribution in [1.29, 1.82) is 0 Å². The Morgan fingerprint density at radius 1 is 1.21 bits per heavy atom. The standard InChI is InChI=1S/C18H26N2O4/c1-12(2)16(21)20-10-6-9-18(20,3)17(22)19-13-7-8-14(23-4)15(11-13)24-5/h7-8,11-12H,6,9-10H2,1-5H3,(H,19,22). The predicted molar refractivity (Wildman–Crippen MR) is 92.4 cm³/mol. The molecule has 1 saturated heterocycles. The van der Waals surface area contributed by atoms with Gasteiger partial charge in [-0.2, -0.15) is 0 Å². The zero-order valence-electron chi connectivity index (χ0n) is 15.0. The fourth-order valence-electron chi connectivity index (χ4n) is 3.04. The molecule has 1 N–H and O–H groups in total. The van der Waals surface area contributed by atoms with Gasteiger partial charge in [0.05, 0.1) is 14.2 Å². The minimum Gasteiger partial charge on any atom is -0.493 e. The molecule has 1 fully saturated rings. The van der Waals surface area contributed by atoms with Crippen LogP contribution in [0.5, 0.6) is 11.5 Å². The average molecular weight is 334 g/mol. The molecule has 1 aromatic carbocycles. The van der Waals surface area contributed by atoms with Crippen molar-refractivity contribution in [2.45, 2.75) is 39.2 Å². The molecular weight excluding hydrogens is 308 g/mol. The van der Waals surface area contributed by atoms with E-state index in [1.807, 2.05) is 20.8 Å². The predicted octanol–water partition coefficient (Wildman–Crippen LogP) is 2.68. The van der Waals surface area contributed by atoms with Gasteiger partial charge in [-0.15, -0.1) is 0 Å². The van der Waals surface area contributed by atoms with Gasteiger partial charge in [0.1, 0.15) is 5.54 Å². The fraction of sp³-hybridized carbons (Fsp3) is 0.556. The minimum absolute atomic E-state index is 0.0115. The number of hydrogen-bond donors (Lipinski definition) is 1. The van der Waals surface area contributed by atoms with Crippen LogP contribution >= 0.6 is 0 Å². The van der Waals surface area contributed by atoms with Gasteiger partial charge in [0.25, 0.3) is 0 Å².